The van der Waals surface area contributed by atoms with Crippen LogP contribution in [0, 0.1) is 0 Å². The van der Waals surface area contributed by atoms with E-state index in [4.69, 9.17) is 0 Å². The lowest BCUT2D eigenvalue weighted by Gasteiger charge is -2.03. The maximum Gasteiger partial charge on any atom is 0.270 e. The number of nitrogens with zero attached hydrogens (tertiary/aromatic N) is 1. The van der Waals surface area contributed by atoms with Crippen LogP contribution in [0.3, 0.4) is 0 Å². The summed E-state index contributed by atoms with van der Waals surface area (Å²) in [7, 11) is 0. The molecular weight excluding hydrogens is 252 g/mol. The summed E-state index contributed by atoms with van der Waals surface area (Å²) < 4.78 is 0. The molecule has 0 radical (unpaired) electrons. The monoisotopic (exact) mass is 264 g/mol. The van der Waals surface area contributed by atoms with E-state index in [1.54, 1.807) is 22.7 Å². The summed E-state index contributed by atoms with van der Waals surface area (Å²) >= 11 is 3.15. The van der Waals surface area contributed by atoms with Gasteiger partial charge >= 0.3 is 0 Å². The van der Waals surface area contributed by atoms with Crippen LogP contribution in [0.15, 0.2) is 46.1 Å². The van der Waals surface area contributed by atoms with Crippen molar-refractivity contribution in [2.75, 3.05) is 12.3 Å². The molecule has 2 rings (SSSR count). The minimum absolute atomic E-state index is 0.0973. The molecule has 2 aromatic rings. The predicted molar refractivity (Wildman–Crippen MR) is 71.6 cm³/mol. The summed E-state index contributed by atoms with van der Waals surface area (Å²) in [6.07, 6.45) is 0. The quantitative estimate of drug-likeness (QED) is 0.667. The number of amides is 1. The molecule has 3 nitrogen and oxygen atoms in total. The van der Waals surface area contributed by atoms with Crippen LogP contribution in [-0.2, 0) is 0 Å². The average Bonchev–Trinajstić information content (AvgIpc) is 2.89. The number of thiazole rings is 1. The fraction of sp³-hybridized carbons (Fsp3) is 0.167. The number of thioether (sulfide) groups is 1. The molecule has 5 heteroatoms. The molecule has 88 valence electrons. The first-order valence-corrected chi connectivity index (χ1v) is 7.13. The normalized spacial score (nSPS) is 10.1. The van der Waals surface area contributed by atoms with Gasteiger partial charge in [0.05, 0.1) is 5.51 Å². The van der Waals surface area contributed by atoms with E-state index in [-0.39, 0.29) is 5.91 Å². The number of carbonyl (C=O) groups is 1. The minimum Gasteiger partial charge on any atom is -0.350 e. The van der Waals surface area contributed by atoms with Gasteiger partial charge in [0.1, 0.15) is 5.69 Å². The van der Waals surface area contributed by atoms with Gasteiger partial charge in [0.2, 0.25) is 0 Å². The van der Waals surface area contributed by atoms with Gasteiger partial charge in [-0.25, -0.2) is 4.98 Å². The van der Waals surface area contributed by atoms with Crippen molar-refractivity contribution in [3.63, 3.8) is 0 Å². The molecule has 1 aromatic heterocycles. The molecule has 0 fully saturated rings. The Kier molecular flexibility index (Phi) is 4.58. The van der Waals surface area contributed by atoms with E-state index >= 15 is 0 Å². The van der Waals surface area contributed by atoms with E-state index in [0.29, 0.717) is 12.2 Å². The number of benzene rings is 1. The van der Waals surface area contributed by atoms with Crippen LogP contribution in [-0.4, -0.2) is 23.2 Å². The van der Waals surface area contributed by atoms with E-state index in [9.17, 15) is 4.79 Å². The highest BCUT2D eigenvalue weighted by atomic mass is 32.2. The Morgan fingerprint density at radius 2 is 2.18 bits per heavy atom. The summed E-state index contributed by atoms with van der Waals surface area (Å²) in [4.78, 5) is 16.7. The second-order valence-electron chi connectivity index (χ2n) is 3.29. The molecule has 0 aliphatic heterocycles. The first kappa shape index (κ1) is 12.1. The van der Waals surface area contributed by atoms with Gasteiger partial charge in [-0.1, -0.05) is 18.2 Å². The van der Waals surface area contributed by atoms with Crippen molar-refractivity contribution in [1.29, 1.82) is 0 Å². The fourth-order valence-electron chi connectivity index (χ4n) is 1.27. The molecule has 0 aliphatic rings. The van der Waals surface area contributed by atoms with Crippen LogP contribution in [0.1, 0.15) is 10.5 Å². The van der Waals surface area contributed by atoms with E-state index in [0.717, 1.165) is 5.75 Å². The van der Waals surface area contributed by atoms with E-state index < -0.39 is 0 Å². The standard InChI is InChI=1S/C12H12N2OS2/c15-12(11-8-16-9-14-11)13-6-7-17-10-4-2-1-3-5-10/h1-5,8-9H,6-7H2,(H,13,15). The van der Waals surface area contributed by atoms with Crippen molar-refractivity contribution in [3.05, 3.63) is 46.9 Å². The fourth-order valence-corrected chi connectivity index (χ4v) is 2.59. The average molecular weight is 264 g/mol. The highest BCUT2D eigenvalue weighted by molar-refractivity contribution is 7.99. The third-order valence-corrected chi connectivity index (χ3v) is 3.66. The zero-order valence-corrected chi connectivity index (χ0v) is 10.8. The maximum atomic E-state index is 11.5. The Hall–Kier alpha value is -1.33. The lowest BCUT2D eigenvalue weighted by molar-refractivity contribution is 0.0952. The van der Waals surface area contributed by atoms with Gasteiger partial charge in [0, 0.05) is 22.6 Å². The van der Waals surface area contributed by atoms with Gasteiger partial charge in [-0.05, 0) is 12.1 Å². The molecule has 1 aromatic carbocycles. The van der Waals surface area contributed by atoms with Gasteiger partial charge in [0.25, 0.3) is 5.91 Å². The van der Waals surface area contributed by atoms with E-state index in [2.05, 4.69) is 22.4 Å². The van der Waals surface area contributed by atoms with Gasteiger partial charge < -0.3 is 5.32 Å². The van der Waals surface area contributed by atoms with Crippen molar-refractivity contribution in [2.45, 2.75) is 4.90 Å². The molecular formula is C12H12N2OS2. The van der Waals surface area contributed by atoms with Crippen LogP contribution in [0.2, 0.25) is 0 Å². The molecule has 0 saturated carbocycles. The zero-order valence-electron chi connectivity index (χ0n) is 9.13. The third-order valence-electron chi connectivity index (χ3n) is 2.06. The Morgan fingerprint density at radius 1 is 1.35 bits per heavy atom. The lowest BCUT2D eigenvalue weighted by atomic mass is 10.4. The van der Waals surface area contributed by atoms with Crippen LogP contribution >= 0.6 is 23.1 Å². The largest absolute Gasteiger partial charge is 0.350 e. The first-order valence-electron chi connectivity index (χ1n) is 5.20. The summed E-state index contributed by atoms with van der Waals surface area (Å²) in [6, 6.07) is 10.1. The number of carbonyl (C=O) groups excluding carboxylic acids is 1. The molecule has 1 amide bonds. The Bertz CT molecular complexity index is 457. The molecule has 1 N–H and O–H groups in total. The predicted octanol–water partition coefficient (Wildman–Crippen LogP) is 2.67. The zero-order chi connectivity index (χ0) is 11.9. The Labute approximate surface area is 108 Å². The second-order valence-corrected chi connectivity index (χ2v) is 5.18. The smallest absolute Gasteiger partial charge is 0.270 e. The van der Waals surface area contributed by atoms with Crippen LogP contribution in [0.4, 0.5) is 0 Å². The second kappa shape index (κ2) is 6.42. The van der Waals surface area contributed by atoms with Gasteiger partial charge in [-0.2, -0.15) is 0 Å². The van der Waals surface area contributed by atoms with Crippen molar-refractivity contribution in [3.8, 4) is 0 Å². The summed E-state index contributed by atoms with van der Waals surface area (Å²) in [5, 5.41) is 4.59. The van der Waals surface area contributed by atoms with Crippen molar-refractivity contribution < 1.29 is 4.79 Å². The minimum atomic E-state index is -0.0973. The van der Waals surface area contributed by atoms with Crippen LogP contribution < -0.4 is 5.32 Å². The lowest BCUT2D eigenvalue weighted by Crippen LogP contribution is -2.25. The molecule has 0 atom stereocenters. The number of nitrogens with one attached hydrogen (secondary N) is 1. The van der Waals surface area contributed by atoms with Crippen molar-refractivity contribution in [1.82, 2.24) is 10.3 Å². The summed E-state index contributed by atoms with van der Waals surface area (Å²) in [5.41, 5.74) is 2.16. The first-order chi connectivity index (χ1) is 8.36. The SMILES string of the molecule is O=C(NCCSc1ccccc1)c1cscn1. The van der Waals surface area contributed by atoms with Gasteiger partial charge in [-0.3, -0.25) is 4.79 Å². The summed E-state index contributed by atoms with van der Waals surface area (Å²) in [5.74, 6) is 0.764. The van der Waals surface area contributed by atoms with Crippen molar-refractivity contribution >= 4 is 29.0 Å². The number of hydrogen-bond donors (Lipinski definition) is 1. The Morgan fingerprint density at radius 3 is 2.88 bits per heavy atom. The van der Waals surface area contributed by atoms with Crippen LogP contribution in [0.5, 0.6) is 0 Å². The summed E-state index contributed by atoms with van der Waals surface area (Å²) in [6.45, 7) is 0.649. The number of hydrogen-bond acceptors (Lipinski definition) is 4. The Balaban J connectivity index is 1.69. The molecule has 0 spiro atoms. The molecule has 0 unspecified atom stereocenters. The van der Waals surface area contributed by atoms with Crippen LogP contribution in [0.25, 0.3) is 0 Å². The molecule has 0 aliphatic carbocycles. The van der Waals surface area contributed by atoms with Gasteiger partial charge in [-0.15, -0.1) is 23.1 Å². The van der Waals surface area contributed by atoms with E-state index in [1.807, 2.05) is 18.2 Å². The topological polar surface area (TPSA) is 42.0 Å². The van der Waals surface area contributed by atoms with E-state index in [1.165, 1.54) is 16.2 Å². The molecule has 1 heterocycles. The van der Waals surface area contributed by atoms with Gasteiger partial charge in [0.15, 0.2) is 0 Å². The highest BCUT2D eigenvalue weighted by Crippen LogP contribution is 2.15. The molecule has 17 heavy (non-hydrogen) atoms. The molecule has 0 bridgehead atoms. The number of aromatic nitrogens is 1. The third kappa shape index (κ3) is 3.87. The number of rotatable bonds is 5. The van der Waals surface area contributed by atoms with Crippen molar-refractivity contribution in [2.24, 2.45) is 0 Å². The maximum absolute atomic E-state index is 11.5. The molecule has 0 saturated heterocycles. The highest BCUT2D eigenvalue weighted by Gasteiger charge is 2.05.